The van der Waals surface area contributed by atoms with Crippen LogP contribution in [-0.2, 0) is 14.3 Å². The van der Waals surface area contributed by atoms with Gasteiger partial charge in [0.2, 0.25) is 5.91 Å². The van der Waals surface area contributed by atoms with Crippen LogP contribution in [0.3, 0.4) is 0 Å². The first-order valence-corrected chi connectivity index (χ1v) is 14.7. The molecular formula is C32H47N3O5S. The van der Waals surface area contributed by atoms with Gasteiger partial charge in [0.1, 0.15) is 23.4 Å². The zero-order valence-corrected chi connectivity index (χ0v) is 26.8. The van der Waals surface area contributed by atoms with Crippen molar-refractivity contribution in [2.75, 3.05) is 18.2 Å². The summed E-state index contributed by atoms with van der Waals surface area (Å²) in [6.45, 7) is 15.4. The number of benzene rings is 2. The van der Waals surface area contributed by atoms with Crippen molar-refractivity contribution < 1.29 is 23.9 Å². The molecule has 0 bridgehead atoms. The fourth-order valence-corrected chi connectivity index (χ4v) is 4.87. The number of carbonyl (C=O) groups excluding carboxylic acids is 3. The molecular weight excluding hydrogens is 538 g/mol. The third kappa shape index (κ3) is 10.6. The summed E-state index contributed by atoms with van der Waals surface area (Å²) in [6.07, 6.45) is 0.812. The van der Waals surface area contributed by atoms with E-state index in [2.05, 4.69) is 37.1 Å². The zero-order valence-electron chi connectivity index (χ0n) is 25.9. The second kappa shape index (κ2) is 15.1. The van der Waals surface area contributed by atoms with Crippen molar-refractivity contribution in [1.82, 2.24) is 10.2 Å². The maximum atomic E-state index is 14.3. The fraction of sp³-hybridized carbons (Fsp3) is 0.531. The molecule has 3 amide bonds. The third-order valence-electron chi connectivity index (χ3n) is 6.51. The van der Waals surface area contributed by atoms with Crippen molar-refractivity contribution in [3.8, 4) is 5.75 Å². The van der Waals surface area contributed by atoms with Crippen LogP contribution in [0, 0.1) is 19.8 Å². The van der Waals surface area contributed by atoms with Gasteiger partial charge in [0.15, 0.2) is 0 Å². The van der Waals surface area contributed by atoms with Gasteiger partial charge in [-0.1, -0.05) is 43.2 Å². The Balaban J connectivity index is 2.60. The van der Waals surface area contributed by atoms with E-state index in [4.69, 9.17) is 9.47 Å². The zero-order chi connectivity index (χ0) is 30.9. The van der Waals surface area contributed by atoms with Crippen molar-refractivity contribution in [2.24, 2.45) is 5.92 Å². The molecule has 9 heteroatoms. The Morgan fingerprint density at radius 2 is 1.54 bits per heavy atom. The predicted molar refractivity (Wildman–Crippen MR) is 168 cm³/mol. The fourth-order valence-electron chi connectivity index (χ4n) is 4.62. The van der Waals surface area contributed by atoms with Crippen LogP contribution in [0.1, 0.15) is 77.1 Å². The molecule has 8 nitrogen and oxygen atoms in total. The van der Waals surface area contributed by atoms with E-state index in [1.54, 1.807) is 57.0 Å². The number of ether oxygens (including phenoxy) is 2. The highest BCUT2D eigenvalue weighted by Crippen LogP contribution is 2.30. The molecule has 0 saturated heterocycles. The molecule has 41 heavy (non-hydrogen) atoms. The molecule has 3 atom stereocenters. The molecule has 0 heterocycles. The number of nitrogens with one attached hydrogen (secondary N) is 2. The van der Waals surface area contributed by atoms with E-state index in [0.717, 1.165) is 17.5 Å². The molecule has 0 saturated carbocycles. The van der Waals surface area contributed by atoms with Crippen LogP contribution in [0.2, 0.25) is 0 Å². The Labute approximate surface area is 251 Å². The Morgan fingerprint density at radius 3 is 2.02 bits per heavy atom. The molecule has 0 radical (unpaired) electrons. The number of rotatable bonds is 12. The predicted octanol–water partition coefficient (Wildman–Crippen LogP) is 6.47. The summed E-state index contributed by atoms with van der Waals surface area (Å²) < 4.78 is 10.7. The summed E-state index contributed by atoms with van der Waals surface area (Å²) in [5.41, 5.74) is 2.47. The highest BCUT2D eigenvalue weighted by Gasteiger charge is 2.38. The van der Waals surface area contributed by atoms with Gasteiger partial charge in [0.25, 0.3) is 5.91 Å². The van der Waals surface area contributed by atoms with Crippen molar-refractivity contribution in [3.63, 3.8) is 0 Å². The first-order chi connectivity index (χ1) is 19.1. The summed E-state index contributed by atoms with van der Waals surface area (Å²) in [5.74, 6) is 0.335. The largest absolute Gasteiger partial charge is 0.497 e. The molecule has 0 aliphatic heterocycles. The molecule has 0 spiro atoms. The molecule has 0 aliphatic carbocycles. The standard InChI is InChI=1S/C32H47N3O5S/c1-20(2)10-11-23(5)35(30(37)27(19-41)34-31(38)40-32(6,7)8)28(24-17-21(3)16-22(4)18-24)29(36)33-25-12-14-26(39-9)15-13-25/h12-18,20,23,27-28,41H,10-11,19H2,1-9H3,(H,33,36)(H,34,38). The Hall–Kier alpha value is -3.20. The van der Waals surface area contributed by atoms with E-state index >= 15 is 0 Å². The summed E-state index contributed by atoms with van der Waals surface area (Å²) in [5, 5.41) is 5.67. The molecule has 2 N–H and O–H groups in total. The molecule has 0 aliphatic rings. The molecule has 2 aromatic carbocycles. The minimum Gasteiger partial charge on any atom is -0.497 e. The van der Waals surface area contributed by atoms with Gasteiger partial charge in [0, 0.05) is 17.5 Å². The molecule has 2 aromatic rings. The lowest BCUT2D eigenvalue weighted by atomic mass is 9.95. The average molecular weight is 586 g/mol. The van der Waals surface area contributed by atoms with Gasteiger partial charge in [0.05, 0.1) is 7.11 Å². The van der Waals surface area contributed by atoms with Gasteiger partial charge < -0.3 is 25.0 Å². The SMILES string of the molecule is COc1ccc(NC(=O)C(c2cc(C)cc(C)c2)N(C(=O)C(CS)NC(=O)OC(C)(C)C)C(C)CCC(C)C)cc1. The van der Waals surface area contributed by atoms with Crippen LogP contribution in [-0.4, -0.2) is 53.4 Å². The highest BCUT2D eigenvalue weighted by atomic mass is 32.1. The number of anilines is 1. The topological polar surface area (TPSA) is 97.0 Å². The lowest BCUT2D eigenvalue weighted by Gasteiger charge is -2.38. The van der Waals surface area contributed by atoms with Crippen LogP contribution >= 0.6 is 12.6 Å². The van der Waals surface area contributed by atoms with Gasteiger partial charge >= 0.3 is 6.09 Å². The van der Waals surface area contributed by atoms with Crippen molar-refractivity contribution in [1.29, 1.82) is 0 Å². The van der Waals surface area contributed by atoms with E-state index in [0.29, 0.717) is 29.3 Å². The molecule has 3 unspecified atom stereocenters. The van der Waals surface area contributed by atoms with Crippen LogP contribution in [0.25, 0.3) is 0 Å². The number of alkyl carbamates (subject to hydrolysis) is 1. The first-order valence-electron chi connectivity index (χ1n) is 14.1. The molecule has 0 fully saturated rings. The van der Waals surface area contributed by atoms with Crippen LogP contribution in [0.15, 0.2) is 42.5 Å². The van der Waals surface area contributed by atoms with Gasteiger partial charge in [-0.05, 0) is 90.1 Å². The second-order valence-corrected chi connectivity index (χ2v) is 12.4. The van der Waals surface area contributed by atoms with Gasteiger partial charge in [-0.25, -0.2) is 4.79 Å². The molecule has 226 valence electrons. The van der Waals surface area contributed by atoms with E-state index in [1.807, 2.05) is 39.0 Å². The third-order valence-corrected chi connectivity index (χ3v) is 6.87. The van der Waals surface area contributed by atoms with Crippen molar-refractivity contribution in [2.45, 2.75) is 92.0 Å². The maximum absolute atomic E-state index is 14.3. The summed E-state index contributed by atoms with van der Waals surface area (Å²) in [7, 11) is 1.58. The minimum absolute atomic E-state index is 0.0329. The van der Waals surface area contributed by atoms with Gasteiger partial charge in [-0.2, -0.15) is 12.6 Å². The first kappa shape index (κ1) is 34.0. The number of nitrogens with zero attached hydrogens (tertiary/aromatic N) is 1. The van der Waals surface area contributed by atoms with Crippen LogP contribution in [0.5, 0.6) is 5.75 Å². The molecule has 2 rings (SSSR count). The average Bonchev–Trinajstić information content (AvgIpc) is 2.87. The highest BCUT2D eigenvalue weighted by molar-refractivity contribution is 7.80. The Morgan fingerprint density at radius 1 is 0.951 bits per heavy atom. The molecule has 0 aromatic heterocycles. The van der Waals surface area contributed by atoms with E-state index in [-0.39, 0.29) is 17.7 Å². The van der Waals surface area contributed by atoms with Gasteiger partial charge in [-0.15, -0.1) is 0 Å². The number of thiol groups is 1. The summed E-state index contributed by atoms with van der Waals surface area (Å²) in [4.78, 5) is 42.7. The van der Waals surface area contributed by atoms with E-state index in [9.17, 15) is 14.4 Å². The van der Waals surface area contributed by atoms with Crippen molar-refractivity contribution >= 4 is 36.2 Å². The van der Waals surface area contributed by atoms with Crippen LogP contribution in [0.4, 0.5) is 10.5 Å². The second-order valence-electron chi connectivity index (χ2n) is 12.0. The number of aryl methyl sites for hydroxylation is 2. The number of hydrogen-bond acceptors (Lipinski definition) is 6. The van der Waals surface area contributed by atoms with Crippen LogP contribution < -0.4 is 15.4 Å². The number of hydrogen-bond donors (Lipinski definition) is 3. The Kier molecular flexibility index (Phi) is 12.6. The smallest absolute Gasteiger partial charge is 0.408 e. The number of amides is 3. The minimum atomic E-state index is -1.00. The lowest BCUT2D eigenvalue weighted by Crippen LogP contribution is -2.55. The van der Waals surface area contributed by atoms with E-state index < -0.39 is 29.7 Å². The quantitative estimate of drug-likeness (QED) is 0.248. The number of carbonyl (C=O) groups is 3. The normalized spacial score (nSPS) is 13.6. The summed E-state index contributed by atoms with van der Waals surface area (Å²) in [6, 6.07) is 10.6. The summed E-state index contributed by atoms with van der Waals surface area (Å²) >= 11 is 4.40. The van der Waals surface area contributed by atoms with Crippen molar-refractivity contribution in [3.05, 3.63) is 59.2 Å². The monoisotopic (exact) mass is 585 g/mol. The van der Waals surface area contributed by atoms with Gasteiger partial charge in [-0.3, -0.25) is 9.59 Å². The maximum Gasteiger partial charge on any atom is 0.408 e. The Bertz CT molecular complexity index is 1160. The number of methoxy groups -OCH3 is 1. The van der Waals surface area contributed by atoms with E-state index in [1.165, 1.54) is 0 Å². The lowest BCUT2D eigenvalue weighted by molar-refractivity contribution is -0.143.